The third-order valence-electron chi connectivity index (χ3n) is 2.91. The van der Waals surface area contributed by atoms with Crippen LogP contribution in [-0.4, -0.2) is 13.2 Å². The highest BCUT2D eigenvalue weighted by Crippen LogP contribution is 2.15. The first-order valence-corrected chi connectivity index (χ1v) is 6.19. The van der Waals surface area contributed by atoms with Crippen LogP contribution in [0.25, 0.3) is 0 Å². The summed E-state index contributed by atoms with van der Waals surface area (Å²) in [6.45, 7) is 6.39. The molecule has 0 aliphatic heterocycles. The van der Waals surface area contributed by atoms with Crippen molar-refractivity contribution in [3.63, 3.8) is 0 Å². The average molecular weight is 245 g/mol. The summed E-state index contributed by atoms with van der Waals surface area (Å²) in [5.74, 6) is 1.87. The lowest BCUT2D eigenvalue weighted by Gasteiger charge is -2.08. The number of aryl methyl sites for hydroxylation is 2. The van der Waals surface area contributed by atoms with E-state index >= 15 is 0 Å². The fourth-order valence-electron chi connectivity index (χ4n) is 1.67. The standard InChI is InChI=1S/C15H19NO2/c1-12-5-6-14(10-13(12)2)18-9-7-16-11-15-4-3-8-17-15/h3-6,8,10,16H,7,9,11H2,1-2H3. The second-order valence-electron chi connectivity index (χ2n) is 4.35. The van der Waals surface area contributed by atoms with E-state index in [1.54, 1.807) is 6.26 Å². The molecule has 1 N–H and O–H groups in total. The zero-order valence-corrected chi connectivity index (χ0v) is 10.9. The van der Waals surface area contributed by atoms with Crippen molar-refractivity contribution in [1.82, 2.24) is 5.32 Å². The Morgan fingerprint density at radius 1 is 1.17 bits per heavy atom. The van der Waals surface area contributed by atoms with Crippen molar-refractivity contribution in [3.8, 4) is 5.75 Å². The molecule has 96 valence electrons. The Kier molecular flexibility index (Phi) is 4.42. The van der Waals surface area contributed by atoms with Crippen LogP contribution in [0.4, 0.5) is 0 Å². The van der Waals surface area contributed by atoms with Crippen LogP contribution in [0.15, 0.2) is 41.0 Å². The van der Waals surface area contributed by atoms with Crippen LogP contribution >= 0.6 is 0 Å². The van der Waals surface area contributed by atoms with E-state index < -0.39 is 0 Å². The van der Waals surface area contributed by atoms with Crippen molar-refractivity contribution in [2.75, 3.05) is 13.2 Å². The number of hydrogen-bond donors (Lipinski definition) is 1. The van der Waals surface area contributed by atoms with Crippen molar-refractivity contribution >= 4 is 0 Å². The van der Waals surface area contributed by atoms with Crippen LogP contribution in [-0.2, 0) is 6.54 Å². The van der Waals surface area contributed by atoms with Crippen LogP contribution in [0.2, 0.25) is 0 Å². The molecule has 0 fully saturated rings. The fourth-order valence-corrected chi connectivity index (χ4v) is 1.67. The van der Waals surface area contributed by atoms with Crippen LogP contribution < -0.4 is 10.1 Å². The van der Waals surface area contributed by atoms with E-state index in [2.05, 4.69) is 31.3 Å². The minimum Gasteiger partial charge on any atom is -0.492 e. The lowest BCUT2D eigenvalue weighted by Crippen LogP contribution is -2.20. The predicted octanol–water partition coefficient (Wildman–Crippen LogP) is 3.07. The molecule has 2 rings (SSSR count). The first-order valence-electron chi connectivity index (χ1n) is 6.19. The van der Waals surface area contributed by atoms with Gasteiger partial charge in [0.15, 0.2) is 0 Å². The maximum Gasteiger partial charge on any atom is 0.119 e. The Labute approximate surface area is 108 Å². The van der Waals surface area contributed by atoms with Crippen molar-refractivity contribution in [2.45, 2.75) is 20.4 Å². The molecule has 0 radical (unpaired) electrons. The van der Waals surface area contributed by atoms with E-state index in [0.29, 0.717) is 6.61 Å². The van der Waals surface area contributed by atoms with E-state index in [-0.39, 0.29) is 0 Å². The minimum absolute atomic E-state index is 0.656. The van der Waals surface area contributed by atoms with Gasteiger partial charge < -0.3 is 14.5 Å². The highest BCUT2D eigenvalue weighted by atomic mass is 16.5. The summed E-state index contributed by atoms with van der Waals surface area (Å²) in [7, 11) is 0. The van der Waals surface area contributed by atoms with E-state index in [0.717, 1.165) is 24.6 Å². The van der Waals surface area contributed by atoms with Crippen molar-refractivity contribution in [3.05, 3.63) is 53.5 Å². The molecule has 1 aromatic carbocycles. The molecule has 0 saturated carbocycles. The SMILES string of the molecule is Cc1ccc(OCCNCc2ccco2)cc1C. The normalized spacial score (nSPS) is 10.6. The first-order chi connectivity index (χ1) is 8.75. The zero-order chi connectivity index (χ0) is 12.8. The summed E-state index contributed by atoms with van der Waals surface area (Å²) in [4.78, 5) is 0. The molecule has 0 atom stereocenters. The number of furan rings is 1. The predicted molar refractivity (Wildman–Crippen MR) is 71.8 cm³/mol. The van der Waals surface area contributed by atoms with Gasteiger partial charge in [0.25, 0.3) is 0 Å². The third-order valence-corrected chi connectivity index (χ3v) is 2.91. The summed E-state index contributed by atoms with van der Waals surface area (Å²) in [5.41, 5.74) is 2.55. The lowest BCUT2D eigenvalue weighted by atomic mass is 10.1. The van der Waals surface area contributed by atoms with Crippen molar-refractivity contribution in [2.24, 2.45) is 0 Å². The van der Waals surface area contributed by atoms with Gasteiger partial charge in [0.1, 0.15) is 18.1 Å². The molecular formula is C15H19NO2. The number of rotatable bonds is 6. The van der Waals surface area contributed by atoms with Gasteiger partial charge in [-0.1, -0.05) is 6.07 Å². The topological polar surface area (TPSA) is 34.4 Å². The van der Waals surface area contributed by atoms with Crippen LogP contribution in [0.5, 0.6) is 5.75 Å². The molecule has 0 aliphatic rings. The maximum atomic E-state index is 5.67. The van der Waals surface area contributed by atoms with Crippen molar-refractivity contribution < 1.29 is 9.15 Å². The van der Waals surface area contributed by atoms with Crippen molar-refractivity contribution in [1.29, 1.82) is 0 Å². The molecule has 2 aromatic rings. The second-order valence-corrected chi connectivity index (χ2v) is 4.35. The van der Waals surface area contributed by atoms with Gasteiger partial charge in [-0.3, -0.25) is 0 Å². The molecule has 3 heteroatoms. The average Bonchev–Trinajstić information content (AvgIpc) is 2.86. The van der Waals surface area contributed by atoms with Gasteiger partial charge in [0.05, 0.1) is 12.8 Å². The van der Waals surface area contributed by atoms with Gasteiger partial charge in [0.2, 0.25) is 0 Å². The monoisotopic (exact) mass is 245 g/mol. The molecule has 0 bridgehead atoms. The minimum atomic E-state index is 0.656. The summed E-state index contributed by atoms with van der Waals surface area (Å²) in [5, 5.41) is 3.27. The van der Waals surface area contributed by atoms with Crippen LogP contribution in [0.3, 0.4) is 0 Å². The second kappa shape index (κ2) is 6.26. The Hall–Kier alpha value is -1.74. The summed E-state index contributed by atoms with van der Waals surface area (Å²) >= 11 is 0. The largest absolute Gasteiger partial charge is 0.492 e. The molecule has 1 heterocycles. The molecule has 1 aromatic heterocycles. The molecule has 18 heavy (non-hydrogen) atoms. The molecule has 0 unspecified atom stereocenters. The van der Waals surface area contributed by atoms with Crippen LogP contribution in [0.1, 0.15) is 16.9 Å². The highest BCUT2D eigenvalue weighted by molar-refractivity contribution is 5.33. The van der Waals surface area contributed by atoms with E-state index in [1.165, 1.54) is 11.1 Å². The van der Waals surface area contributed by atoms with Gasteiger partial charge in [0, 0.05) is 6.54 Å². The summed E-state index contributed by atoms with van der Waals surface area (Å²) < 4.78 is 10.9. The van der Waals surface area contributed by atoms with E-state index in [9.17, 15) is 0 Å². The van der Waals surface area contributed by atoms with Crippen LogP contribution in [0, 0.1) is 13.8 Å². The molecular weight excluding hydrogens is 226 g/mol. The van der Waals surface area contributed by atoms with Gasteiger partial charge >= 0.3 is 0 Å². The highest BCUT2D eigenvalue weighted by Gasteiger charge is 1.98. The fraction of sp³-hybridized carbons (Fsp3) is 0.333. The summed E-state index contributed by atoms with van der Waals surface area (Å²) in [6, 6.07) is 10.0. The Bertz CT molecular complexity index is 477. The molecule has 3 nitrogen and oxygen atoms in total. The first kappa shape index (κ1) is 12.7. The molecule has 0 spiro atoms. The molecule has 0 amide bonds. The molecule has 0 aliphatic carbocycles. The van der Waals surface area contributed by atoms with Gasteiger partial charge in [-0.2, -0.15) is 0 Å². The molecule has 0 saturated heterocycles. The van der Waals surface area contributed by atoms with Gasteiger partial charge in [-0.25, -0.2) is 0 Å². The number of hydrogen-bond acceptors (Lipinski definition) is 3. The number of nitrogens with one attached hydrogen (secondary N) is 1. The van der Waals surface area contributed by atoms with Gasteiger partial charge in [-0.05, 0) is 49.2 Å². The number of ether oxygens (including phenoxy) is 1. The maximum absolute atomic E-state index is 5.67. The zero-order valence-electron chi connectivity index (χ0n) is 10.9. The van der Waals surface area contributed by atoms with Gasteiger partial charge in [-0.15, -0.1) is 0 Å². The Morgan fingerprint density at radius 2 is 2.06 bits per heavy atom. The Balaban J connectivity index is 1.67. The summed E-state index contributed by atoms with van der Waals surface area (Å²) in [6.07, 6.45) is 1.68. The quantitative estimate of drug-likeness (QED) is 0.794. The van der Waals surface area contributed by atoms with E-state index in [1.807, 2.05) is 18.2 Å². The third kappa shape index (κ3) is 3.64. The smallest absolute Gasteiger partial charge is 0.119 e. The van der Waals surface area contributed by atoms with E-state index in [4.69, 9.17) is 9.15 Å². The lowest BCUT2D eigenvalue weighted by molar-refractivity contribution is 0.310. The number of benzene rings is 1. The Morgan fingerprint density at radius 3 is 2.78 bits per heavy atom.